The molecule has 2 aliphatic rings. The molecule has 11 aromatic carbocycles. The van der Waals surface area contributed by atoms with Gasteiger partial charge in [-0.3, -0.25) is 38.7 Å². The number of terminal acetylenes is 1. The summed E-state index contributed by atoms with van der Waals surface area (Å²) in [4.78, 5) is 76.4. The summed E-state index contributed by atoms with van der Waals surface area (Å²) in [6.07, 6.45) is 7.04. The van der Waals surface area contributed by atoms with Gasteiger partial charge in [0.05, 0.1) is 42.3 Å². The molecule has 0 saturated carbocycles. The maximum atomic E-state index is 12.6. The summed E-state index contributed by atoms with van der Waals surface area (Å²) in [6, 6.07) is 70.3. The number of hydrogen-bond acceptors (Lipinski definition) is 12. The number of pyridine rings is 1. The van der Waals surface area contributed by atoms with Gasteiger partial charge in [-0.25, -0.2) is 22.0 Å². The maximum absolute atomic E-state index is 12.6. The lowest BCUT2D eigenvalue weighted by atomic mass is 9.82. The SMILES string of the molecule is C#Cc1cccc(N2CC(C)(C)C2=O)c1.CC(=O)Nc1ccc(F)c(Cl)c1.CNc1cccc(Br)c1.Cc1ccc(I)cc1F.Cc1ccc(I)cc1F.Cc1cccc(NC(=O)CN2C(=O)c3ccccc3C2=O)c1.NC(=S)Nc1cccc(Br)c1.Nc1ccc(F)c(Cl)c1.Nc1ccc(OCc2ccccn2)c(Cl)c1.O=C(CCl)Nc1ccc(F)c(Cl)c1. The van der Waals surface area contributed by atoms with Crippen LogP contribution in [0.3, 0.4) is 0 Å². The highest BCUT2D eigenvalue weighted by atomic mass is 127. The Morgan fingerprint density at radius 1 is 0.552 bits per heavy atom. The summed E-state index contributed by atoms with van der Waals surface area (Å²) in [7, 11) is 1.90. The third kappa shape index (κ3) is 38.1. The summed E-state index contributed by atoms with van der Waals surface area (Å²) in [5, 5.41) is 14.3. The number of ether oxygens (including phenoxy) is 1. The molecule has 0 atom stereocenters. The molecule has 652 valence electrons. The van der Waals surface area contributed by atoms with Crippen LogP contribution in [0.25, 0.3) is 0 Å². The van der Waals surface area contributed by atoms with Crippen LogP contribution in [0.15, 0.2) is 264 Å². The lowest BCUT2D eigenvalue weighted by molar-refractivity contribution is -0.132. The first kappa shape index (κ1) is 105. The monoisotopic (exact) mass is 2170 g/mol. The van der Waals surface area contributed by atoms with Gasteiger partial charge < -0.3 is 53.4 Å². The molecule has 6 amide bonds. The highest BCUT2D eigenvalue weighted by Gasteiger charge is 2.45. The molecule has 0 spiro atoms. The number of rotatable bonds is 12. The van der Waals surface area contributed by atoms with Crippen molar-refractivity contribution in [3.63, 3.8) is 0 Å². The average Bonchev–Trinajstić information content (AvgIpc) is 1.74. The Kier molecular flexibility index (Phi) is 45.2. The first-order valence-corrected chi connectivity index (χ1v) is 43.0. The normalized spacial score (nSPS) is 11.3. The van der Waals surface area contributed by atoms with Crippen molar-refractivity contribution in [2.24, 2.45) is 11.1 Å². The number of halogens is 14. The van der Waals surface area contributed by atoms with E-state index in [2.05, 4.69) is 127 Å². The number of carbonyl (C=O) groups is 6. The number of alkyl halides is 1. The quantitative estimate of drug-likeness (QED) is 0.00826. The van der Waals surface area contributed by atoms with Gasteiger partial charge in [-0.2, -0.15) is 0 Å². The van der Waals surface area contributed by atoms with Gasteiger partial charge in [-0.1, -0.05) is 145 Å². The predicted octanol–water partition coefficient (Wildman–Crippen LogP) is 24.4. The Balaban J connectivity index is 0.000000250. The fourth-order valence-electron chi connectivity index (χ4n) is 10.0. The Morgan fingerprint density at radius 3 is 1.46 bits per heavy atom. The van der Waals surface area contributed by atoms with Crippen LogP contribution in [0.5, 0.6) is 5.75 Å². The van der Waals surface area contributed by atoms with Gasteiger partial charge in [0.1, 0.15) is 53.9 Å². The number of imide groups is 1. The number of nitrogen functional groups attached to an aromatic ring is 2. The van der Waals surface area contributed by atoms with E-state index in [9.17, 15) is 50.7 Å². The van der Waals surface area contributed by atoms with Crippen LogP contribution in [0.4, 0.5) is 67.5 Å². The van der Waals surface area contributed by atoms with Gasteiger partial charge >= 0.3 is 0 Å². The van der Waals surface area contributed by atoms with Gasteiger partial charge in [-0.15, -0.1) is 18.0 Å². The van der Waals surface area contributed by atoms with Crippen molar-refractivity contribution < 1.29 is 55.5 Å². The van der Waals surface area contributed by atoms with Crippen LogP contribution in [0.1, 0.15) is 69.4 Å². The number of β-lactam (4-membered cyclic amide) rings is 1. The first-order valence-electron chi connectivity index (χ1n) is 36.8. The van der Waals surface area contributed by atoms with E-state index >= 15 is 0 Å². The molecular formula is C92H83Br2Cl5F5I2N11O7S. The van der Waals surface area contributed by atoms with E-state index in [1.165, 1.54) is 73.7 Å². The Bertz CT molecular complexity index is 5610. The van der Waals surface area contributed by atoms with Crippen molar-refractivity contribution in [1.82, 2.24) is 9.88 Å². The van der Waals surface area contributed by atoms with Crippen molar-refractivity contribution in [3.8, 4) is 18.1 Å². The molecule has 1 aromatic heterocycles. The van der Waals surface area contributed by atoms with Gasteiger partial charge in [0.2, 0.25) is 23.6 Å². The number of anilines is 8. The lowest BCUT2D eigenvalue weighted by Crippen LogP contribution is -2.58. The second-order valence-corrected chi connectivity index (χ2v) is 33.4. The summed E-state index contributed by atoms with van der Waals surface area (Å²) in [5.41, 5.74) is 26.3. The molecule has 18 nitrogen and oxygen atoms in total. The largest absolute Gasteiger partial charge is 0.486 e. The summed E-state index contributed by atoms with van der Waals surface area (Å²) in [5.74, 6) is -0.334. The first-order chi connectivity index (χ1) is 59.2. The molecule has 0 aliphatic carbocycles. The minimum Gasteiger partial charge on any atom is -0.486 e. The number of nitrogens with two attached hydrogens (primary N) is 3. The van der Waals surface area contributed by atoms with E-state index in [0.29, 0.717) is 68.1 Å². The lowest BCUT2D eigenvalue weighted by Gasteiger charge is -2.44. The second kappa shape index (κ2) is 53.8. The van der Waals surface area contributed by atoms with E-state index in [1.807, 2.05) is 149 Å². The van der Waals surface area contributed by atoms with Crippen LogP contribution in [-0.4, -0.2) is 76.5 Å². The van der Waals surface area contributed by atoms with Crippen molar-refractivity contribution in [3.05, 3.63) is 359 Å². The predicted molar refractivity (Wildman–Crippen MR) is 525 cm³/mol. The van der Waals surface area contributed by atoms with E-state index in [-0.39, 0.29) is 67.4 Å². The van der Waals surface area contributed by atoms with E-state index < -0.39 is 35.2 Å². The van der Waals surface area contributed by atoms with E-state index in [0.717, 1.165) is 61.4 Å². The van der Waals surface area contributed by atoms with Gasteiger partial charge in [-0.05, 0) is 297 Å². The zero-order valence-corrected chi connectivity index (χ0v) is 79.9. The minimum absolute atomic E-state index is 0.00116. The summed E-state index contributed by atoms with van der Waals surface area (Å²) in [6.45, 7) is 11.6. The fraction of sp³-hybridized carbons (Fsp3) is 0.130. The minimum atomic E-state index is -0.523. The number of nitrogens with zero attached hydrogens (tertiary/aromatic N) is 3. The van der Waals surface area contributed by atoms with Crippen LogP contribution >= 0.6 is 147 Å². The number of amides is 6. The Hall–Kier alpha value is -10.4. The van der Waals surface area contributed by atoms with E-state index in [4.69, 9.17) is 86.4 Å². The zero-order valence-electron chi connectivity index (χ0n) is 67.8. The fourth-order valence-corrected chi connectivity index (χ4v) is 12.7. The summed E-state index contributed by atoms with van der Waals surface area (Å²) < 4.78 is 72.2. The van der Waals surface area contributed by atoms with Crippen molar-refractivity contribution in [2.75, 3.05) is 69.0 Å². The molecule has 11 N–H and O–H groups in total. The van der Waals surface area contributed by atoms with Crippen LogP contribution in [0.2, 0.25) is 20.1 Å². The molecule has 1 saturated heterocycles. The number of benzene rings is 11. The number of thiocarbonyl (C=S) groups is 1. The third-order valence-corrected chi connectivity index (χ3v) is 20.1. The Labute approximate surface area is 796 Å². The summed E-state index contributed by atoms with van der Waals surface area (Å²) >= 11 is 43.1. The molecule has 12 aromatic rings. The number of nitrogens with one attached hydrogen (secondary N) is 5. The molecule has 0 radical (unpaired) electrons. The standard InChI is InChI=1S/C17H14N2O3.C13H13NO.C12H11ClN2O.C8H6Cl2FNO.C8H7ClFNO.C7H7BrN2S.C7H8BrN.2C7H6FI.C6H5ClFN/c1-11-5-4-6-12(9-11)18-15(20)10-19-16(21)13-7-2-3-8-14(13)17(19)22;1-4-10-6-5-7-11(8-10)14-9-13(2,3)12(14)15;13-11-7-9(14)4-5-12(11)16-8-10-3-1-2-6-15-10;9-4-8(13)12-5-1-2-7(11)6(10)3-5;1-5(12)11-6-2-3-8(10)7(9)4-6;8-5-2-1-3-6(4-5)10-7(9)11;1-9-7-4-2-3-6(8)5-7;2*1-5-2-3-6(9)4-7(5)8;7-5-3-4(9)1-2-6(5)8/h2-9H,10H2,1H3,(H,18,20);1,5-8H,9H2,2-3H3;1-7H,8,14H2;1-3H,4H2,(H,12,13);2-4H,1H3,(H,11,12);1-4H,(H3,9,10,11);2-5,9H,1H3;2*2-4H,1H3;1-3H,9H2. The molecule has 33 heteroatoms. The highest BCUT2D eigenvalue weighted by Crippen LogP contribution is 2.36. The molecule has 3 heterocycles. The van der Waals surface area contributed by atoms with Gasteiger partial charge in [0.25, 0.3) is 11.8 Å². The number of fused-ring (bicyclic) bond motifs is 1. The van der Waals surface area contributed by atoms with Crippen molar-refractivity contribution in [1.29, 1.82) is 0 Å². The molecule has 2 aliphatic heterocycles. The highest BCUT2D eigenvalue weighted by molar-refractivity contribution is 14.1. The van der Waals surface area contributed by atoms with Crippen LogP contribution in [-0.2, 0) is 25.8 Å². The smallest absolute Gasteiger partial charge is 0.262 e. The molecular weight excluding hydrogens is 2090 g/mol. The molecule has 14 rings (SSSR count). The van der Waals surface area contributed by atoms with Gasteiger partial charge in [0.15, 0.2) is 5.11 Å². The second-order valence-electron chi connectivity index (χ2n) is 26.8. The molecule has 1 fully saturated rings. The maximum Gasteiger partial charge on any atom is 0.262 e. The van der Waals surface area contributed by atoms with Crippen LogP contribution in [0, 0.1) is 74.8 Å². The number of aromatic nitrogens is 1. The average molecular weight is 2170 g/mol. The van der Waals surface area contributed by atoms with Crippen molar-refractivity contribution in [2.45, 2.75) is 48.1 Å². The molecule has 0 bridgehead atoms. The molecule has 125 heavy (non-hydrogen) atoms. The third-order valence-electron chi connectivity index (χ3n) is 16.2. The van der Waals surface area contributed by atoms with Crippen molar-refractivity contribution >= 4 is 233 Å². The van der Waals surface area contributed by atoms with E-state index in [1.54, 1.807) is 85.6 Å². The number of hydrogen-bond donors (Lipinski definition) is 8. The zero-order chi connectivity index (χ0) is 92.6. The number of aryl methyl sites for hydroxylation is 3. The van der Waals surface area contributed by atoms with Crippen LogP contribution < -0.4 is 53.4 Å². The molecule has 0 unspecified atom stereocenters. The van der Waals surface area contributed by atoms with Gasteiger partial charge in [0, 0.05) is 93.9 Å². The number of carbonyl (C=O) groups excluding carboxylic acids is 6. The topological polar surface area (TPSA) is 269 Å². The Morgan fingerprint density at radius 2 is 1.02 bits per heavy atom.